The van der Waals surface area contributed by atoms with Gasteiger partial charge in [0.05, 0.1) is 17.9 Å². The lowest BCUT2D eigenvalue weighted by molar-refractivity contribution is -0.117. The largest absolute Gasteiger partial charge is 0.397 e. The van der Waals surface area contributed by atoms with Crippen LogP contribution in [0.25, 0.3) is 0 Å². The molecular formula is C22H23N5O2. The standard InChI is InChI=1S/C22H23N5O2/c1-27(14-16-5-4-12-24-13-16)15-21(28)25-18-10-8-17(9-11-18)22(29)26-20-7-3-2-6-19(20)23/h2-13H,14-15,23H2,1H3,(H,25,28)(H,26,29). The van der Waals surface area contributed by atoms with Crippen LogP contribution in [0.15, 0.2) is 73.1 Å². The average molecular weight is 389 g/mol. The van der Waals surface area contributed by atoms with Crippen LogP contribution in [0.3, 0.4) is 0 Å². The van der Waals surface area contributed by atoms with Gasteiger partial charge in [-0.25, -0.2) is 0 Å². The van der Waals surface area contributed by atoms with Crippen LogP contribution < -0.4 is 16.4 Å². The SMILES string of the molecule is CN(CC(=O)Nc1ccc(C(=O)Nc2ccccc2N)cc1)Cc1cccnc1. The molecule has 0 radical (unpaired) electrons. The summed E-state index contributed by atoms with van der Waals surface area (Å²) in [5, 5.41) is 5.61. The molecule has 2 amide bonds. The first-order valence-corrected chi connectivity index (χ1v) is 9.14. The summed E-state index contributed by atoms with van der Waals surface area (Å²) in [5.41, 5.74) is 9.04. The first-order valence-electron chi connectivity index (χ1n) is 9.14. The molecule has 0 aliphatic heterocycles. The first-order chi connectivity index (χ1) is 14.0. The van der Waals surface area contributed by atoms with Gasteiger partial charge in [0.25, 0.3) is 5.91 Å². The third-order valence-electron chi connectivity index (χ3n) is 4.23. The van der Waals surface area contributed by atoms with Crippen LogP contribution in [0.1, 0.15) is 15.9 Å². The summed E-state index contributed by atoms with van der Waals surface area (Å²) in [6.07, 6.45) is 3.50. The van der Waals surface area contributed by atoms with E-state index in [1.807, 2.05) is 24.1 Å². The minimum absolute atomic E-state index is 0.134. The summed E-state index contributed by atoms with van der Waals surface area (Å²) in [6, 6.07) is 17.6. The predicted molar refractivity (Wildman–Crippen MR) is 114 cm³/mol. The Labute approximate surface area is 169 Å². The molecule has 0 spiro atoms. The highest BCUT2D eigenvalue weighted by Crippen LogP contribution is 2.18. The van der Waals surface area contributed by atoms with E-state index in [9.17, 15) is 9.59 Å². The summed E-state index contributed by atoms with van der Waals surface area (Å²) in [7, 11) is 1.87. The number of benzene rings is 2. The van der Waals surface area contributed by atoms with E-state index in [0.29, 0.717) is 29.2 Å². The smallest absolute Gasteiger partial charge is 0.255 e. The third-order valence-corrected chi connectivity index (χ3v) is 4.23. The van der Waals surface area contributed by atoms with Gasteiger partial charge >= 0.3 is 0 Å². The highest BCUT2D eigenvalue weighted by molar-refractivity contribution is 6.06. The molecule has 0 fully saturated rings. The molecule has 3 rings (SSSR count). The molecule has 7 nitrogen and oxygen atoms in total. The van der Waals surface area contributed by atoms with Crippen LogP contribution >= 0.6 is 0 Å². The van der Waals surface area contributed by atoms with Crippen LogP contribution in [0.2, 0.25) is 0 Å². The van der Waals surface area contributed by atoms with Crippen LogP contribution in [-0.2, 0) is 11.3 Å². The van der Waals surface area contributed by atoms with Gasteiger partial charge in [-0.2, -0.15) is 0 Å². The number of nitrogens with zero attached hydrogens (tertiary/aromatic N) is 2. The number of aromatic nitrogens is 1. The van der Waals surface area contributed by atoms with Crippen LogP contribution in [0.4, 0.5) is 17.1 Å². The fourth-order valence-electron chi connectivity index (χ4n) is 2.82. The predicted octanol–water partition coefficient (Wildman–Crippen LogP) is 2.99. The van der Waals surface area contributed by atoms with E-state index in [0.717, 1.165) is 5.56 Å². The topological polar surface area (TPSA) is 100 Å². The molecule has 148 valence electrons. The Hall–Kier alpha value is -3.71. The molecule has 1 aromatic heterocycles. The molecule has 0 bridgehead atoms. The molecule has 0 saturated heterocycles. The average Bonchev–Trinajstić information content (AvgIpc) is 2.70. The number of hydrogen-bond acceptors (Lipinski definition) is 5. The number of nitrogens with one attached hydrogen (secondary N) is 2. The number of carbonyl (C=O) groups is 2. The van der Waals surface area contributed by atoms with Crippen LogP contribution in [0, 0.1) is 0 Å². The van der Waals surface area contributed by atoms with E-state index in [1.165, 1.54) is 0 Å². The van der Waals surface area contributed by atoms with E-state index < -0.39 is 0 Å². The maximum Gasteiger partial charge on any atom is 0.255 e. The van der Waals surface area contributed by atoms with Gasteiger partial charge in [0.15, 0.2) is 0 Å². The van der Waals surface area contributed by atoms with Crippen LogP contribution in [-0.4, -0.2) is 35.3 Å². The number of hydrogen-bond donors (Lipinski definition) is 3. The highest BCUT2D eigenvalue weighted by atomic mass is 16.2. The zero-order valence-electron chi connectivity index (χ0n) is 16.1. The second kappa shape index (κ2) is 9.48. The van der Waals surface area contributed by atoms with Crippen molar-refractivity contribution in [1.29, 1.82) is 0 Å². The van der Waals surface area contributed by atoms with Crippen molar-refractivity contribution < 1.29 is 9.59 Å². The Morgan fingerprint density at radius 1 is 1.00 bits per heavy atom. The van der Waals surface area contributed by atoms with Crippen molar-refractivity contribution in [1.82, 2.24) is 9.88 Å². The van der Waals surface area contributed by atoms with Gasteiger partial charge in [0.1, 0.15) is 0 Å². The van der Waals surface area contributed by atoms with Crippen LogP contribution in [0.5, 0.6) is 0 Å². The highest BCUT2D eigenvalue weighted by Gasteiger charge is 2.10. The van der Waals surface area contributed by atoms with Gasteiger partial charge in [0.2, 0.25) is 5.91 Å². The van der Waals surface area contributed by atoms with Crippen molar-refractivity contribution in [3.63, 3.8) is 0 Å². The van der Waals surface area contributed by atoms with Gasteiger partial charge in [-0.15, -0.1) is 0 Å². The molecule has 0 atom stereocenters. The fraction of sp³-hybridized carbons (Fsp3) is 0.136. The van der Waals surface area contributed by atoms with E-state index in [4.69, 9.17) is 5.73 Å². The first kappa shape index (κ1) is 20.0. The van der Waals surface area contributed by atoms with E-state index in [-0.39, 0.29) is 18.4 Å². The second-order valence-electron chi connectivity index (χ2n) is 6.70. The summed E-state index contributed by atoms with van der Waals surface area (Å²) in [5.74, 6) is -0.400. The normalized spacial score (nSPS) is 10.6. The van der Waals surface area contributed by atoms with Crippen molar-refractivity contribution >= 4 is 28.9 Å². The monoisotopic (exact) mass is 389 g/mol. The molecule has 29 heavy (non-hydrogen) atoms. The van der Waals surface area contributed by atoms with E-state index in [1.54, 1.807) is 60.9 Å². The van der Waals surface area contributed by atoms with Gasteiger partial charge in [-0.05, 0) is 55.1 Å². The number of nitrogen functional groups attached to an aromatic ring is 1. The number of pyridine rings is 1. The third kappa shape index (κ3) is 5.88. The van der Waals surface area contributed by atoms with Crippen molar-refractivity contribution in [3.8, 4) is 0 Å². The number of rotatable bonds is 7. The van der Waals surface area contributed by atoms with Crippen molar-refractivity contribution in [2.45, 2.75) is 6.54 Å². The Balaban J connectivity index is 1.52. The summed E-state index contributed by atoms with van der Waals surface area (Å²) >= 11 is 0. The molecule has 0 saturated carbocycles. The molecule has 7 heteroatoms. The number of amides is 2. The molecule has 1 heterocycles. The maximum absolute atomic E-state index is 12.4. The van der Waals surface area contributed by atoms with Crippen molar-refractivity contribution in [3.05, 3.63) is 84.2 Å². The molecule has 0 aliphatic rings. The number of nitrogens with two attached hydrogens (primary N) is 1. The second-order valence-corrected chi connectivity index (χ2v) is 6.70. The van der Waals surface area contributed by atoms with Gasteiger partial charge in [-0.1, -0.05) is 18.2 Å². The van der Waals surface area contributed by atoms with Crippen molar-refractivity contribution in [2.24, 2.45) is 0 Å². The number of anilines is 3. The minimum Gasteiger partial charge on any atom is -0.397 e. The molecule has 3 aromatic rings. The molecule has 2 aromatic carbocycles. The number of para-hydroxylation sites is 2. The Morgan fingerprint density at radius 3 is 2.45 bits per heavy atom. The van der Waals surface area contributed by atoms with Gasteiger partial charge in [0, 0.05) is 30.2 Å². The minimum atomic E-state index is -0.267. The molecular weight excluding hydrogens is 366 g/mol. The molecule has 0 unspecified atom stereocenters. The fourth-order valence-corrected chi connectivity index (χ4v) is 2.82. The molecule has 0 aliphatic carbocycles. The zero-order valence-corrected chi connectivity index (χ0v) is 16.1. The number of likely N-dealkylation sites (N-methyl/N-ethyl adjacent to an activating group) is 1. The molecule has 4 N–H and O–H groups in total. The van der Waals surface area contributed by atoms with E-state index >= 15 is 0 Å². The van der Waals surface area contributed by atoms with Gasteiger partial charge < -0.3 is 16.4 Å². The summed E-state index contributed by atoms with van der Waals surface area (Å²) < 4.78 is 0. The quantitative estimate of drug-likeness (QED) is 0.540. The summed E-state index contributed by atoms with van der Waals surface area (Å²) in [4.78, 5) is 30.6. The zero-order chi connectivity index (χ0) is 20.6. The Bertz CT molecular complexity index is 974. The Morgan fingerprint density at radius 2 is 1.76 bits per heavy atom. The lowest BCUT2D eigenvalue weighted by Crippen LogP contribution is -2.29. The maximum atomic E-state index is 12.4. The Kier molecular flexibility index (Phi) is 6.55. The number of carbonyl (C=O) groups excluding carboxylic acids is 2. The van der Waals surface area contributed by atoms with E-state index in [2.05, 4.69) is 15.6 Å². The lowest BCUT2D eigenvalue weighted by atomic mass is 10.2. The van der Waals surface area contributed by atoms with Crippen molar-refractivity contribution in [2.75, 3.05) is 30.0 Å². The lowest BCUT2D eigenvalue weighted by Gasteiger charge is -2.16. The van der Waals surface area contributed by atoms with Gasteiger partial charge in [-0.3, -0.25) is 19.5 Å². The summed E-state index contributed by atoms with van der Waals surface area (Å²) in [6.45, 7) is 0.868.